The van der Waals surface area contributed by atoms with Gasteiger partial charge in [-0.1, -0.05) is 36.4 Å². The van der Waals surface area contributed by atoms with Gasteiger partial charge in [0, 0.05) is 55.3 Å². The van der Waals surface area contributed by atoms with Crippen molar-refractivity contribution in [2.45, 2.75) is 39.5 Å². The molecule has 1 amide bonds. The van der Waals surface area contributed by atoms with E-state index in [0.717, 1.165) is 60.9 Å². The van der Waals surface area contributed by atoms with Gasteiger partial charge in [0.15, 0.2) is 0 Å². The molecule has 1 aliphatic rings. The topological polar surface area (TPSA) is 78.3 Å². The lowest BCUT2D eigenvalue weighted by Gasteiger charge is -2.29. The minimum absolute atomic E-state index is 0.193. The number of aromatic nitrogens is 3. The summed E-state index contributed by atoms with van der Waals surface area (Å²) in [5.41, 5.74) is 11.2. The Morgan fingerprint density at radius 1 is 1.09 bits per heavy atom. The van der Waals surface area contributed by atoms with Crippen LogP contribution in [0.5, 0.6) is 5.75 Å². The summed E-state index contributed by atoms with van der Waals surface area (Å²) < 4.78 is 9.86. The molecule has 170 valence electrons. The molecule has 0 aliphatic carbocycles. The first-order valence-corrected chi connectivity index (χ1v) is 11.3. The maximum atomic E-state index is 11.5. The number of hydrogen-bond donors (Lipinski definition) is 1. The van der Waals surface area contributed by atoms with Crippen molar-refractivity contribution in [2.75, 3.05) is 13.7 Å². The molecule has 1 aliphatic heterocycles. The summed E-state index contributed by atoms with van der Waals surface area (Å²) in [6.07, 6.45) is 2.83. The Morgan fingerprint density at radius 3 is 2.70 bits per heavy atom. The Balaban J connectivity index is 1.38. The fraction of sp³-hybridized carbons (Fsp3) is 0.308. The third-order valence-electron chi connectivity index (χ3n) is 6.50. The number of aryl methyl sites for hydroxylation is 1. The third-order valence-corrected chi connectivity index (χ3v) is 6.50. The van der Waals surface area contributed by atoms with E-state index >= 15 is 0 Å². The Hall–Kier alpha value is -3.58. The third kappa shape index (κ3) is 4.12. The molecule has 0 atom stereocenters. The van der Waals surface area contributed by atoms with Crippen molar-refractivity contribution >= 4 is 16.8 Å². The molecule has 2 N–H and O–H groups in total. The van der Waals surface area contributed by atoms with Crippen LogP contribution < -0.4 is 10.5 Å². The largest absolute Gasteiger partial charge is 0.496 e. The highest BCUT2D eigenvalue weighted by Crippen LogP contribution is 2.27. The van der Waals surface area contributed by atoms with E-state index in [2.05, 4.69) is 34.7 Å². The van der Waals surface area contributed by atoms with Gasteiger partial charge in [-0.2, -0.15) is 0 Å². The van der Waals surface area contributed by atoms with E-state index in [9.17, 15) is 4.79 Å². The van der Waals surface area contributed by atoms with Crippen LogP contribution in [-0.2, 0) is 37.4 Å². The van der Waals surface area contributed by atoms with Gasteiger partial charge in [0.25, 0.3) is 0 Å². The van der Waals surface area contributed by atoms with Crippen LogP contribution >= 0.6 is 0 Å². The number of hydrogen-bond acceptors (Lipinski definition) is 4. The average molecular weight is 444 g/mol. The Morgan fingerprint density at radius 2 is 1.88 bits per heavy atom. The normalized spacial score (nSPS) is 13.9. The van der Waals surface area contributed by atoms with Gasteiger partial charge < -0.3 is 19.6 Å². The molecule has 3 heterocycles. The van der Waals surface area contributed by atoms with Gasteiger partial charge in [0.1, 0.15) is 18.1 Å². The molecule has 7 nitrogen and oxygen atoms in total. The van der Waals surface area contributed by atoms with Gasteiger partial charge in [-0.3, -0.25) is 9.69 Å². The lowest BCUT2D eigenvalue weighted by Crippen LogP contribution is -2.34. The number of para-hydroxylation sites is 2. The number of benzene rings is 2. The Bertz CT molecular complexity index is 1320. The van der Waals surface area contributed by atoms with Crippen LogP contribution in [0.25, 0.3) is 10.9 Å². The second-order valence-electron chi connectivity index (χ2n) is 8.68. The predicted molar refractivity (Wildman–Crippen MR) is 128 cm³/mol. The zero-order valence-electron chi connectivity index (χ0n) is 19.1. The highest BCUT2D eigenvalue weighted by molar-refractivity contribution is 5.85. The minimum atomic E-state index is -0.331. The molecule has 33 heavy (non-hydrogen) atoms. The summed E-state index contributed by atoms with van der Waals surface area (Å²) in [6.45, 7) is 5.80. The molecule has 0 saturated carbocycles. The zero-order valence-corrected chi connectivity index (χ0v) is 19.1. The van der Waals surface area contributed by atoms with Crippen LogP contribution in [0.3, 0.4) is 0 Å². The van der Waals surface area contributed by atoms with Crippen molar-refractivity contribution in [3.8, 4) is 5.75 Å². The number of imidazole rings is 1. The number of amides is 1. The summed E-state index contributed by atoms with van der Waals surface area (Å²) >= 11 is 0. The fourth-order valence-corrected chi connectivity index (χ4v) is 4.94. The van der Waals surface area contributed by atoms with Gasteiger partial charge in [-0.05, 0) is 24.6 Å². The number of rotatable bonds is 7. The van der Waals surface area contributed by atoms with Crippen molar-refractivity contribution in [2.24, 2.45) is 5.73 Å². The molecular weight excluding hydrogens is 414 g/mol. The number of fused-ring (bicyclic) bond motifs is 2. The molecule has 0 unspecified atom stereocenters. The quantitative estimate of drug-likeness (QED) is 0.476. The second kappa shape index (κ2) is 8.75. The van der Waals surface area contributed by atoms with Crippen molar-refractivity contribution in [3.05, 3.63) is 83.1 Å². The first-order valence-electron chi connectivity index (χ1n) is 11.3. The summed E-state index contributed by atoms with van der Waals surface area (Å²) in [7, 11) is 1.71. The lowest BCUT2D eigenvalue weighted by atomic mass is 10.1. The van der Waals surface area contributed by atoms with Gasteiger partial charge in [-0.15, -0.1) is 0 Å². The summed E-state index contributed by atoms with van der Waals surface area (Å²) in [6, 6.07) is 16.3. The molecule has 2 aromatic heterocycles. The first kappa shape index (κ1) is 21.3. The summed E-state index contributed by atoms with van der Waals surface area (Å²) in [5, 5.41) is 1.17. The van der Waals surface area contributed by atoms with E-state index in [4.69, 9.17) is 15.5 Å². The molecule has 4 aromatic rings. The van der Waals surface area contributed by atoms with Crippen LogP contribution in [0.2, 0.25) is 0 Å². The highest BCUT2D eigenvalue weighted by atomic mass is 16.5. The predicted octanol–water partition coefficient (Wildman–Crippen LogP) is 3.25. The maximum absolute atomic E-state index is 11.5. The zero-order chi connectivity index (χ0) is 22.9. The molecular formula is C26H29N5O2. The van der Waals surface area contributed by atoms with Crippen LogP contribution in [0, 0.1) is 6.92 Å². The molecule has 0 bridgehead atoms. The number of methoxy groups -OCH3 is 1. The van der Waals surface area contributed by atoms with E-state index in [-0.39, 0.29) is 12.5 Å². The minimum Gasteiger partial charge on any atom is -0.496 e. The van der Waals surface area contributed by atoms with Gasteiger partial charge in [-0.25, -0.2) is 4.98 Å². The highest BCUT2D eigenvalue weighted by Gasteiger charge is 2.24. The number of ether oxygens (including phenoxy) is 1. The molecule has 0 spiro atoms. The van der Waals surface area contributed by atoms with Crippen molar-refractivity contribution in [3.63, 3.8) is 0 Å². The first-order chi connectivity index (χ1) is 16.0. The van der Waals surface area contributed by atoms with Gasteiger partial charge >= 0.3 is 0 Å². The van der Waals surface area contributed by atoms with Crippen molar-refractivity contribution in [1.82, 2.24) is 19.0 Å². The number of nitrogens with zero attached hydrogens (tertiary/aromatic N) is 4. The van der Waals surface area contributed by atoms with E-state index in [1.54, 1.807) is 7.11 Å². The summed E-state index contributed by atoms with van der Waals surface area (Å²) in [4.78, 5) is 18.9. The number of primary amides is 1. The van der Waals surface area contributed by atoms with E-state index in [1.165, 1.54) is 16.6 Å². The van der Waals surface area contributed by atoms with Crippen molar-refractivity contribution in [1.29, 1.82) is 0 Å². The maximum Gasteiger partial charge on any atom is 0.237 e. The van der Waals surface area contributed by atoms with Gasteiger partial charge in [0.2, 0.25) is 5.91 Å². The van der Waals surface area contributed by atoms with Crippen molar-refractivity contribution < 1.29 is 9.53 Å². The Kier molecular flexibility index (Phi) is 5.64. The second-order valence-corrected chi connectivity index (χ2v) is 8.68. The van der Waals surface area contributed by atoms with Crippen LogP contribution in [0.1, 0.15) is 28.3 Å². The monoisotopic (exact) mass is 443 g/mol. The van der Waals surface area contributed by atoms with E-state index in [0.29, 0.717) is 0 Å². The molecule has 0 saturated heterocycles. The number of nitrogens with two attached hydrogens (primary N) is 1. The van der Waals surface area contributed by atoms with E-state index < -0.39 is 0 Å². The van der Waals surface area contributed by atoms with E-state index in [1.807, 2.05) is 41.0 Å². The average Bonchev–Trinajstić information content (AvgIpc) is 3.31. The number of carbonyl (C=O) groups excluding carboxylic acids is 1. The SMILES string of the molecule is COc1ccccc1Cc1nc(C)c2n1CCN(Cc1cn(CC(N)=O)c3ccccc13)C2. The van der Waals surface area contributed by atoms with Gasteiger partial charge in [0.05, 0.1) is 18.5 Å². The van der Waals surface area contributed by atoms with Crippen LogP contribution in [0.4, 0.5) is 0 Å². The molecule has 2 aromatic carbocycles. The molecule has 0 fully saturated rings. The number of carbonyl (C=O) groups is 1. The summed E-state index contributed by atoms with van der Waals surface area (Å²) in [5.74, 6) is 1.66. The Labute approximate surface area is 193 Å². The smallest absolute Gasteiger partial charge is 0.237 e. The molecule has 0 radical (unpaired) electrons. The fourth-order valence-electron chi connectivity index (χ4n) is 4.94. The molecule has 7 heteroatoms. The standard InChI is InChI=1S/C26H29N5O2/c1-18-23-16-29(14-20-15-30(17-25(27)32)22-9-5-4-8-21(20)22)11-12-31(23)26(28-18)13-19-7-3-6-10-24(19)33-2/h3-10,15H,11-14,16-17H2,1-2H3,(H2,27,32). The van der Waals surface area contributed by atoms with Crippen LogP contribution in [-0.4, -0.2) is 38.6 Å². The molecule has 5 rings (SSSR count). The van der Waals surface area contributed by atoms with Crippen LogP contribution in [0.15, 0.2) is 54.7 Å². The lowest BCUT2D eigenvalue weighted by molar-refractivity contribution is -0.118.